The zero-order valence-corrected chi connectivity index (χ0v) is 57.5. The zero-order valence-electron chi connectivity index (χ0n) is 55.9. The molecule has 7 aliphatic heterocycles. The third-order valence-electron chi connectivity index (χ3n) is 16.9. The van der Waals surface area contributed by atoms with Crippen molar-refractivity contribution in [3.05, 3.63) is 225 Å². The van der Waals surface area contributed by atoms with Crippen LogP contribution in [0.2, 0.25) is 0 Å². The van der Waals surface area contributed by atoms with Gasteiger partial charge in [0.1, 0.15) is 56.5 Å². The normalized spacial score (nSPS) is 17.1. The number of carbonyl (C=O) groups excluding carboxylic acids is 2. The molecular formula is C73H75BBrN17O7. The average molecular weight is 1390 g/mol. The highest BCUT2D eigenvalue weighted by atomic mass is 79.9. The van der Waals surface area contributed by atoms with Crippen LogP contribution in [-0.2, 0) is 13.0 Å². The van der Waals surface area contributed by atoms with Crippen LogP contribution in [0.15, 0.2) is 181 Å². The highest BCUT2D eigenvalue weighted by molar-refractivity contribution is 9.10. The van der Waals surface area contributed by atoms with Crippen molar-refractivity contribution in [1.82, 2.24) is 65.3 Å². The number of fused-ring (bicyclic) bond motifs is 4. The number of furan rings is 3. The van der Waals surface area contributed by atoms with E-state index in [2.05, 4.69) is 135 Å². The molecule has 0 radical (unpaired) electrons. The Hall–Kier alpha value is -10.5. The predicted molar refractivity (Wildman–Crippen MR) is 383 cm³/mol. The number of nitrogens with one attached hydrogen (secondary N) is 3. The highest BCUT2D eigenvalue weighted by Gasteiger charge is 2.45. The van der Waals surface area contributed by atoms with E-state index in [0.717, 1.165) is 154 Å². The number of aldehydes is 2. The van der Waals surface area contributed by atoms with E-state index in [1.54, 1.807) is 37.3 Å². The molecule has 26 heteroatoms. The summed E-state index contributed by atoms with van der Waals surface area (Å²) in [5.74, 6) is 9.00. The van der Waals surface area contributed by atoms with Crippen molar-refractivity contribution in [2.24, 2.45) is 4.99 Å². The molecule has 18 rings (SSSR count). The Labute approximate surface area is 581 Å². The van der Waals surface area contributed by atoms with Gasteiger partial charge in [0.2, 0.25) is 0 Å². The number of rotatable bonds is 14. The summed E-state index contributed by atoms with van der Waals surface area (Å²) in [4.78, 5) is 73.1. The number of aromatic nitrogens is 11. The molecule has 4 atom stereocenters. The van der Waals surface area contributed by atoms with E-state index in [4.69, 9.17) is 33.3 Å². The number of piperazine rings is 2. The molecule has 7 aliphatic rings. The summed E-state index contributed by atoms with van der Waals surface area (Å²) in [5.41, 5.74) is 12.1. The maximum atomic E-state index is 10.4. The fourth-order valence-corrected chi connectivity index (χ4v) is 12.3. The van der Waals surface area contributed by atoms with Gasteiger partial charge in [-0.2, -0.15) is 5.10 Å². The van der Waals surface area contributed by atoms with E-state index in [-0.39, 0.29) is 5.66 Å². The molecule has 0 spiro atoms. The van der Waals surface area contributed by atoms with Gasteiger partial charge in [0.15, 0.2) is 35.7 Å². The summed E-state index contributed by atoms with van der Waals surface area (Å²) in [5, 5.41) is 31.2. The molecule has 24 nitrogen and oxygen atoms in total. The lowest BCUT2D eigenvalue weighted by atomic mass is 9.87. The Morgan fingerprint density at radius 1 is 0.596 bits per heavy atom. The number of carbonyl (C=O) groups is 2. The molecule has 6 saturated heterocycles. The fourth-order valence-electron chi connectivity index (χ4n) is 12.0. The molecule has 18 heterocycles. The molecule has 0 aliphatic carbocycles. The average Bonchev–Trinajstić information content (AvgIpc) is 1.03. The van der Waals surface area contributed by atoms with Gasteiger partial charge in [0.05, 0.1) is 23.7 Å². The zero-order chi connectivity index (χ0) is 69.1. The second-order valence-corrected chi connectivity index (χ2v) is 25.8. The van der Waals surface area contributed by atoms with Gasteiger partial charge in [-0.1, -0.05) is 6.07 Å². The maximum absolute atomic E-state index is 10.4. The number of halogens is 1. The monoisotopic (exact) mass is 1390 g/mol. The molecule has 6 fully saturated rings. The summed E-state index contributed by atoms with van der Waals surface area (Å²) in [6, 6.07) is 38.6. The maximum Gasteiger partial charge on any atom is 0.526 e. The fraction of sp³-hybridized carbons (Fsp3) is 0.274. The number of pyridine rings is 5. The van der Waals surface area contributed by atoms with Crippen LogP contribution in [0.25, 0.3) is 45.7 Å². The lowest BCUT2D eigenvalue weighted by Gasteiger charge is -2.56. The molecular weight excluding hydrogens is 1320 g/mol. The number of hydrogen-bond acceptors (Lipinski definition) is 23. The molecule has 99 heavy (non-hydrogen) atoms. The Morgan fingerprint density at radius 3 is 1.67 bits per heavy atom. The van der Waals surface area contributed by atoms with Gasteiger partial charge >= 0.3 is 7.12 Å². The van der Waals surface area contributed by atoms with Crippen LogP contribution in [0.5, 0.6) is 0 Å². The van der Waals surface area contributed by atoms with E-state index in [9.17, 15) is 9.59 Å². The van der Waals surface area contributed by atoms with Gasteiger partial charge in [0, 0.05) is 140 Å². The van der Waals surface area contributed by atoms with E-state index in [1.165, 1.54) is 42.4 Å². The number of H-pyrrole nitrogens is 1. The van der Waals surface area contributed by atoms with Gasteiger partial charge in [-0.25, -0.2) is 34.9 Å². The van der Waals surface area contributed by atoms with Crippen molar-refractivity contribution in [1.29, 1.82) is 0 Å². The number of amidine groups is 1. The van der Waals surface area contributed by atoms with Crippen molar-refractivity contribution < 1.29 is 32.9 Å². The second kappa shape index (κ2) is 31.4. The lowest BCUT2D eigenvalue weighted by molar-refractivity contribution is -0.00875. The first-order valence-corrected chi connectivity index (χ1v) is 33.3. The van der Waals surface area contributed by atoms with Crippen LogP contribution in [0.4, 0.5) is 17.5 Å². The summed E-state index contributed by atoms with van der Waals surface area (Å²) in [6.45, 7) is 19.3. The highest BCUT2D eigenvalue weighted by Crippen LogP contribution is 2.36. The van der Waals surface area contributed by atoms with Crippen molar-refractivity contribution in [3.8, 4) is 45.7 Å². The quantitative estimate of drug-likeness (QED) is 0.0384. The van der Waals surface area contributed by atoms with Crippen molar-refractivity contribution >= 4 is 64.6 Å². The van der Waals surface area contributed by atoms with Gasteiger partial charge in [-0.05, 0) is 198 Å². The number of aromatic amines is 1. The number of hydrogen-bond donors (Lipinski definition) is 5. The first-order chi connectivity index (χ1) is 47.9. The number of nitrogens with zero attached hydrogens (tertiary/aromatic N) is 14. The minimum atomic E-state index is -1.49. The first kappa shape index (κ1) is 68.4. The van der Waals surface area contributed by atoms with Crippen LogP contribution < -0.4 is 26.1 Å². The molecule has 11 aromatic rings. The number of piperidine rings is 2. The predicted octanol–water partition coefficient (Wildman–Crippen LogP) is 10.5. The number of anilines is 3. The topological polar surface area (TPSA) is 305 Å². The Morgan fingerprint density at radius 2 is 1.18 bits per heavy atom. The van der Waals surface area contributed by atoms with E-state index in [1.807, 2.05) is 102 Å². The Bertz CT molecular complexity index is 4590. The minimum Gasteiger partial charge on any atom is -0.470 e. The summed E-state index contributed by atoms with van der Waals surface area (Å²) >= 11 is 3.15. The standard InChI is InChI=1S/C31H32N8O.C20H23N7.C11H9NO2.C6H4BrNO.C5H7BO3/c1-19-10-24(12-25-11-20(2)36-37-25)35-31(34-19)23-6-9-30(33-15-23)38-17-26-13-27(18-38)39(26)16-22-5-7-28(32-14-22)29-8-4-21(3)40-29;1-12-5-17(21-8-12)25-18-6-13(2)23-20(26-18)14-3-4-19(22-9-14)27-10-15-7-16(11-27)24-15;1-8-2-5-11(14-8)10-4-3-9(7-13)6-12-10;7-6-2-1-5(4-9)3-8-6;1-4-2-3-5(9-4)6(7)8/h4-11,14-15,26-27H,12-13,16-18H2,1-3H3,(H,36,37);3-6,9,15-16,24H,7-8,10-11H2,1-2H3,(H,21,23,25,26);2-7H,1H3;1-4H;2-3,7-8H,1H3. The molecule has 0 amide bonds. The van der Waals surface area contributed by atoms with Gasteiger partial charge in [-0.15, -0.1) is 0 Å². The molecule has 4 unspecified atom stereocenters. The summed E-state index contributed by atoms with van der Waals surface area (Å²) < 4.78 is 16.7. The van der Waals surface area contributed by atoms with Crippen LogP contribution in [-0.4, -0.2) is 152 Å². The Kier molecular flexibility index (Phi) is 21.7. The molecule has 0 saturated carbocycles. The molecule has 11 aromatic heterocycles. The SMILES string of the molecule is CC1=CC(Nc2cc(C)nc(-c3ccc(N4CC5CC(C4)N5)nc3)n2)=NC1.Cc1cc(Cc2cc(C)[nH]n2)nc(-c2ccc(N3CC4CC(C3)N4Cc3ccc(-c4ccc(C)o4)nc3)nc2)n1.Cc1ccc(-c2ccc(C=O)cn2)o1.Cc1ccc(B(O)O)o1.O=Cc1ccc(Br)nc1. The van der Waals surface area contributed by atoms with Gasteiger partial charge in [-0.3, -0.25) is 34.5 Å². The Balaban J connectivity index is 0.000000134. The smallest absolute Gasteiger partial charge is 0.470 e. The van der Waals surface area contributed by atoms with E-state index in [0.29, 0.717) is 59.1 Å². The summed E-state index contributed by atoms with van der Waals surface area (Å²) in [6.07, 6.45) is 15.6. The van der Waals surface area contributed by atoms with Crippen molar-refractivity contribution in [2.75, 3.05) is 47.8 Å². The lowest BCUT2D eigenvalue weighted by Crippen LogP contribution is -2.68. The molecule has 4 bridgehead atoms. The largest absolute Gasteiger partial charge is 0.526 e. The van der Waals surface area contributed by atoms with Gasteiger partial charge < -0.3 is 43.7 Å². The van der Waals surface area contributed by atoms with Crippen LogP contribution in [0.3, 0.4) is 0 Å². The second-order valence-electron chi connectivity index (χ2n) is 25.0. The van der Waals surface area contributed by atoms with Crippen LogP contribution in [0.1, 0.15) is 91.8 Å². The minimum absolute atomic E-state index is 0.188. The van der Waals surface area contributed by atoms with E-state index >= 15 is 0 Å². The number of aryl methyl sites for hydroxylation is 6. The van der Waals surface area contributed by atoms with Crippen molar-refractivity contribution in [2.45, 2.75) is 98.4 Å². The third-order valence-corrected chi connectivity index (χ3v) is 17.4. The van der Waals surface area contributed by atoms with E-state index < -0.39 is 7.12 Å². The first-order valence-electron chi connectivity index (χ1n) is 32.5. The molecule has 0 aromatic carbocycles. The molecule has 504 valence electrons. The third kappa shape index (κ3) is 18.0. The summed E-state index contributed by atoms with van der Waals surface area (Å²) in [7, 11) is -1.49. The van der Waals surface area contributed by atoms with Crippen LogP contribution >= 0.6 is 15.9 Å². The molecule has 5 N–H and O–H groups in total. The van der Waals surface area contributed by atoms with Crippen LogP contribution in [0, 0.1) is 41.5 Å². The van der Waals surface area contributed by atoms with Gasteiger partial charge in [0.25, 0.3) is 0 Å². The number of aliphatic imine (C=N–C) groups is 1. The van der Waals surface area contributed by atoms with Crippen molar-refractivity contribution in [3.63, 3.8) is 0 Å².